The summed E-state index contributed by atoms with van der Waals surface area (Å²) in [7, 11) is -3.82. The number of carbonyl (C=O) groups excluding carboxylic acids is 1. The number of nitrogens with one attached hydrogen (secondary N) is 2. The first-order valence-electron chi connectivity index (χ1n) is 8.71. The number of fused-ring (bicyclic) bond motifs is 1. The molecule has 1 aromatic heterocycles. The Labute approximate surface area is 167 Å². The zero-order chi connectivity index (χ0) is 20.3. The van der Waals surface area contributed by atoms with E-state index in [1.807, 2.05) is 0 Å². The predicted octanol–water partition coefficient (Wildman–Crippen LogP) is 2.54. The van der Waals surface area contributed by atoms with Crippen molar-refractivity contribution in [3.05, 3.63) is 78.1 Å². The highest BCUT2D eigenvalue weighted by Crippen LogP contribution is 2.32. The number of ether oxygens (including phenoxy) is 2. The van der Waals surface area contributed by atoms with Crippen molar-refractivity contribution in [1.29, 1.82) is 0 Å². The number of benzene rings is 2. The van der Waals surface area contributed by atoms with E-state index in [4.69, 9.17) is 9.47 Å². The van der Waals surface area contributed by atoms with Gasteiger partial charge in [-0.2, -0.15) is 0 Å². The molecule has 0 radical (unpaired) electrons. The fourth-order valence-corrected chi connectivity index (χ4v) is 3.82. The third kappa shape index (κ3) is 4.36. The highest BCUT2D eigenvalue weighted by Gasteiger charge is 2.18. The van der Waals surface area contributed by atoms with Crippen LogP contribution in [-0.2, 0) is 16.6 Å². The van der Waals surface area contributed by atoms with Gasteiger partial charge < -0.3 is 14.8 Å². The quantitative estimate of drug-likeness (QED) is 0.646. The normalized spacial score (nSPS) is 12.6. The second-order valence-electron chi connectivity index (χ2n) is 6.24. The van der Waals surface area contributed by atoms with E-state index in [1.54, 1.807) is 42.6 Å². The van der Waals surface area contributed by atoms with Crippen LogP contribution in [0.15, 0.2) is 71.9 Å². The Morgan fingerprint density at radius 2 is 1.90 bits per heavy atom. The molecule has 29 heavy (non-hydrogen) atoms. The fraction of sp³-hybridized carbons (Fsp3) is 0.100. The summed E-state index contributed by atoms with van der Waals surface area (Å²) in [6.07, 6.45) is 3.10. The molecule has 0 spiro atoms. The molecule has 8 nitrogen and oxygen atoms in total. The molecule has 0 fully saturated rings. The zero-order valence-electron chi connectivity index (χ0n) is 15.2. The predicted molar refractivity (Wildman–Crippen MR) is 105 cm³/mol. The van der Waals surface area contributed by atoms with Gasteiger partial charge in [0, 0.05) is 18.3 Å². The number of rotatable bonds is 6. The van der Waals surface area contributed by atoms with Crippen LogP contribution in [-0.4, -0.2) is 26.1 Å². The Morgan fingerprint density at radius 1 is 1.03 bits per heavy atom. The highest BCUT2D eigenvalue weighted by molar-refractivity contribution is 7.89. The largest absolute Gasteiger partial charge is 0.454 e. The first-order valence-corrected chi connectivity index (χ1v) is 10.2. The van der Waals surface area contributed by atoms with Crippen molar-refractivity contribution in [2.45, 2.75) is 11.4 Å². The average molecular weight is 411 g/mol. The molecule has 2 heterocycles. The molecule has 0 atom stereocenters. The Morgan fingerprint density at radius 3 is 2.72 bits per heavy atom. The summed E-state index contributed by atoms with van der Waals surface area (Å²) < 4.78 is 38.4. The fourth-order valence-electron chi connectivity index (χ4n) is 2.76. The van der Waals surface area contributed by atoms with Crippen LogP contribution in [0.5, 0.6) is 11.5 Å². The monoisotopic (exact) mass is 411 g/mol. The van der Waals surface area contributed by atoms with Gasteiger partial charge in [-0.25, -0.2) is 13.1 Å². The standard InChI is InChI=1S/C20H17N3O5S/c24-20(23-16-4-2-8-21-12-16)15-3-1-5-17(10-15)29(25,26)22-11-14-6-7-18-19(9-14)28-13-27-18/h1-10,12,22H,11,13H2,(H,23,24). The molecule has 0 unspecified atom stereocenters. The summed E-state index contributed by atoms with van der Waals surface area (Å²) in [5, 5.41) is 2.68. The molecule has 148 valence electrons. The van der Waals surface area contributed by atoms with Crippen molar-refractivity contribution in [3.8, 4) is 11.5 Å². The van der Waals surface area contributed by atoms with Crippen LogP contribution in [0, 0.1) is 0 Å². The van der Waals surface area contributed by atoms with Gasteiger partial charge in [-0.3, -0.25) is 9.78 Å². The molecule has 9 heteroatoms. The number of pyridine rings is 1. The maximum absolute atomic E-state index is 12.7. The smallest absolute Gasteiger partial charge is 0.255 e. The summed E-state index contributed by atoms with van der Waals surface area (Å²) >= 11 is 0. The zero-order valence-corrected chi connectivity index (χ0v) is 16.0. The van der Waals surface area contributed by atoms with Gasteiger partial charge in [0.15, 0.2) is 11.5 Å². The topological polar surface area (TPSA) is 107 Å². The van der Waals surface area contributed by atoms with Crippen LogP contribution in [0.4, 0.5) is 5.69 Å². The van der Waals surface area contributed by atoms with Crippen LogP contribution >= 0.6 is 0 Å². The van der Waals surface area contributed by atoms with E-state index in [2.05, 4.69) is 15.0 Å². The lowest BCUT2D eigenvalue weighted by Gasteiger charge is -2.09. The Kier molecular flexibility index (Phi) is 5.15. The second kappa shape index (κ2) is 7.90. The minimum absolute atomic E-state index is 0.00270. The van der Waals surface area contributed by atoms with Crippen molar-refractivity contribution in [3.63, 3.8) is 0 Å². The van der Waals surface area contributed by atoms with Crippen molar-refractivity contribution >= 4 is 21.6 Å². The Balaban J connectivity index is 1.47. The molecule has 2 N–H and O–H groups in total. The maximum Gasteiger partial charge on any atom is 0.255 e. The van der Waals surface area contributed by atoms with Crippen LogP contribution in [0.1, 0.15) is 15.9 Å². The third-order valence-corrected chi connectivity index (χ3v) is 5.63. The molecule has 0 aliphatic carbocycles. The number of amides is 1. The molecule has 0 saturated carbocycles. The van der Waals surface area contributed by atoms with Gasteiger partial charge in [0.05, 0.1) is 16.8 Å². The number of sulfonamides is 1. The summed E-state index contributed by atoms with van der Waals surface area (Å²) in [6, 6.07) is 14.4. The van der Waals surface area contributed by atoms with Gasteiger partial charge in [0.2, 0.25) is 16.8 Å². The summed E-state index contributed by atoms with van der Waals surface area (Å²) in [4.78, 5) is 16.3. The SMILES string of the molecule is O=C(Nc1cccnc1)c1cccc(S(=O)(=O)NCc2ccc3c(c2)OCO3)c1. The number of anilines is 1. The minimum Gasteiger partial charge on any atom is -0.454 e. The second-order valence-corrected chi connectivity index (χ2v) is 8.00. The van der Waals surface area contributed by atoms with Crippen molar-refractivity contribution in [2.24, 2.45) is 0 Å². The van der Waals surface area contributed by atoms with E-state index < -0.39 is 15.9 Å². The van der Waals surface area contributed by atoms with Gasteiger partial charge in [-0.1, -0.05) is 12.1 Å². The van der Waals surface area contributed by atoms with Crippen LogP contribution in [0.25, 0.3) is 0 Å². The summed E-state index contributed by atoms with van der Waals surface area (Å²) in [6.45, 7) is 0.226. The molecule has 1 amide bonds. The van der Waals surface area contributed by atoms with E-state index in [0.717, 1.165) is 5.56 Å². The maximum atomic E-state index is 12.7. The van der Waals surface area contributed by atoms with Gasteiger partial charge in [0.1, 0.15) is 0 Å². The molecule has 4 rings (SSSR count). The lowest BCUT2D eigenvalue weighted by Crippen LogP contribution is -2.23. The molecular formula is C20H17N3O5S. The highest BCUT2D eigenvalue weighted by atomic mass is 32.2. The number of hydrogen-bond acceptors (Lipinski definition) is 6. The van der Waals surface area contributed by atoms with Crippen LogP contribution in [0.2, 0.25) is 0 Å². The molecule has 2 aromatic carbocycles. The van der Waals surface area contributed by atoms with Gasteiger partial charge in [-0.15, -0.1) is 0 Å². The molecule has 1 aliphatic rings. The molecule has 1 aliphatic heterocycles. The van der Waals surface area contributed by atoms with E-state index in [1.165, 1.54) is 24.4 Å². The number of carbonyl (C=O) groups is 1. The molecule has 3 aromatic rings. The summed E-state index contributed by atoms with van der Waals surface area (Å²) in [5.41, 5.74) is 1.47. The molecule has 0 saturated heterocycles. The molecular weight excluding hydrogens is 394 g/mol. The lowest BCUT2D eigenvalue weighted by molar-refractivity contribution is 0.102. The minimum atomic E-state index is -3.82. The third-order valence-electron chi connectivity index (χ3n) is 4.23. The number of hydrogen-bond donors (Lipinski definition) is 2. The summed E-state index contributed by atoms with van der Waals surface area (Å²) in [5.74, 6) is 0.783. The van der Waals surface area contributed by atoms with Crippen molar-refractivity contribution in [2.75, 3.05) is 12.1 Å². The van der Waals surface area contributed by atoms with Crippen LogP contribution in [0.3, 0.4) is 0 Å². The average Bonchev–Trinajstić information content (AvgIpc) is 3.21. The van der Waals surface area contributed by atoms with E-state index in [0.29, 0.717) is 17.2 Å². The first kappa shape index (κ1) is 18.9. The molecule has 0 bridgehead atoms. The van der Waals surface area contributed by atoms with Gasteiger partial charge in [0.25, 0.3) is 5.91 Å². The van der Waals surface area contributed by atoms with Crippen molar-refractivity contribution < 1.29 is 22.7 Å². The van der Waals surface area contributed by atoms with Gasteiger partial charge >= 0.3 is 0 Å². The Hall–Kier alpha value is -3.43. The van der Waals surface area contributed by atoms with E-state index >= 15 is 0 Å². The lowest BCUT2D eigenvalue weighted by atomic mass is 10.2. The van der Waals surface area contributed by atoms with E-state index in [9.17, 15) is 13.2 Å². The number of aromatic nitrogens is 1. The van der Waals surface area contributed by atoms with Crippen LogP contribution < -0.4 is 19.5 Å². The van der Waals surface area contributed by atoms with Crippen molar-refractivity contribution in [1.82, 2.24) is 9.71 Å². The Bertz CT molecular complexity index is 1150. The van der Waals surface area contributed by atoms with E-state index in [-0.39, 0.29) is 23.8 Å². The first-order chi connectivity index (χ1) is 14.0. The number of nitrogens with zero attached hydrogens (tertiary/aromatic N) is 1. The van der Waals surface area contributed by atoms with Gasteiger partial charge in [-0.05, 0) is 48.0 Å².